The van der Waals surface area contributed by atoms with Gasteiger partial charge >= 0.3 is 0 Å². The van der Waals surface area contributed by atoms with Crippen LogP contribution in [-0.4, -0.2) is 54.2 Å². The minimum Gasteiger partial charge on any atom is -0.507 e. The van der Waals surface area contributed by atoms with Gasteiger partial charge in [-0.25, -0.2) is 0 Å². The number of aliphatic hydroxyl groups excluding tert-OH is 1. The van der Waals surface area contributed by atoms with E-state index in [2.05, 4.69) is 20.8 Å². The van der Waals surface area contributed by atoms with Crippen molar-refractivity contribution in [3.63, 3.8) is 0 Å². The molecule has 0 bridgehead atoms. The summed E-state index contributed by atoms with van der Waals surface area (Å²) in [6.45, 7) is 15.6. The Morgan fingerprint density at radius 2 is 1.66 bits per heavy atom. The van der Waals surface area contributed by atoms with Gasteiger partial charge < -0.3 is 24.2 Å². The molecule has 206 valence electrons. The SMILES string of the molecule is CCOc1ccc(/C(O)=C2/C(=O)C(=O)N(CCCOC(C)C)C2c2ccc(C(C)(C)C)cc2)c(OCC)c1. The third-order valence-electron chi connectivity index (χ3n) is 6.45. The summed E-state index contributed by atoms with van der Waals surface area (Å²) in [4.78, 5) is 28.2. The first-order valence-corrected chi connectivity index (χ1v) is 13.4. The van der Waals surface area contributed by atoms with Crippen molar-refractivity contribution in [1.29, 1.82) is 0 Å². The van der Waals surface area contributed by atoms with Gasteiger partial charge in [-0.15, -0.1) is 0 Å². The molecule has 1 heterocycles. The number of ether oxygens (including phenoxy) is 3. The summed E-state index contributed by atoms with van der Waals surface area (Å²) in [5, 5.41) is 11.5. The number of Topliss-reactive ketones (excluding diaryl/α,β-unsaturated/α-hetero) is 1. The Hall–Kier alpha value is -3.32. The molecule has 38 heavy (non-hydrogen) atoms. The summed E-state index contributed by atoms with van der Waals surface area (Å²) in [7, 11) is 0. The number of hydrogen-bond acceptors (Lipinski definition) is 6. The minimum absolute atomic E-state index is 0.0494. The highest BCUT2D eigenvalue weighted by atomic mass is 16.5. The standard InChI is InChI=1S/C31H41NO6/c1-8-36-23-15-16-24(25(19-23)37-9-2)28(33)26-27(21-11-13-22(14-12-21)31(5,6)7)32(30(35)29(26)34)17-10-18-38-20(3)4/h11-16,19-20,27,33H,8-10,17-18H2,1-7H3/b28-26-. The van der Waals surface area contributed by atoms with E-state index in [9.17, 15) is 14.7 Å². The van der Waals surface area contributed by atoms with Gasteiger partial charge in [-0.2, -0.15) is 0 Å². The van der Waals surface area contributed by atoms with Gasteiger partial charge in [-0.05, 0) is 62.8 Å². The van der Waals surface area contributed by atoms with Gasteiger partial charge in [0.2, 0.25) is 0 Å². The maximum Gasteiger partial charge on any atom is 0.295 e. The number of nitrogens with zero attached hydrogens (tertiary/aromatic N) is 1. The van der Waals surface area contributed by atoms with Crippen molar-refractivity contribution in [2.45, 2.75) is 72.4 Å². The van der Waals surface area contributed by atoms with Gasteiger partial charge in [0, 0.05) is 19.2 Å². The first-order valence-electron chi connectivity index (χ1n) is 13.4. The molecule has 7 nitrogen and oxygen atoms in total. The fourth-order valence-corrected chi connectivity index (χ4v) is 4.55. The van der Waals surface area contributed by atoms with Gasteiger partial charge in [0.25, 0.3) is 11.7 Å². The van der Waals surface area contributed by atoms with Gasteiger partial charge in [0.1, 0.15) is 17.3 Å². The Bertz CT molecular complexity index is 1160. The first kappa shape index (κ1) is 29.2. The third kappa shape index (κ3) is 6.57. The van der Waals surface area contributed by atoms with E-state index in [0.29, 0.717) is 49.8 Å². The lowest BCUT2D eigenvalue weighted by Gasteiger charge is -2.27. The number of ketones is 1. The maximum absolute atomic E-state index is 13.4. The molecule has 0 aliphatic carbocycles. The van der Waals surface area contributed by atoms with E-state index in [-0.39, 0.29) is 22.9 Å². The molecule has 1 amide bonds. The molecule has 2 aromatic rings. The third-order valence-corrected chi connectivity index (χ3v) is 6.45. The van der Waals surface area contributed by atoms with E-state index >= 15 is 0 Å². The van der Waals surface area contributed by atoms with E-state index in [1.54, 1.807) is 23.1 Å². The van der Waals surface area contributed by atoms with Crippen LogP contribution in [0.25, 0.3) is 5.76 Å². The van der Waals surface area contributed by atoms with Crippen LogP contribution in [-0.2, 0) is 19.7 Å². The predicted octanol–water partition coefficient (Wildman–Crippen LogP) is 6.02. The summed E-state index contributed by atoms with van der Waals surface area (Å²) >= 11 is 0. The molecule has 0 aromatic heterocycles. The Balaban J connectivity index is 2.12. The Morgan fingerprint density at radius 1 is 1.00 bits per heavy atom. The molecule has 1 aliphatic rings. The number of hydrogen-bond donors (Lipinski definition) is 1. The van der Waals surface area contributed by atoms with E-state index in [1.165, 1.54) is 0 Å². The number of carbonyl (C=O) groups is 2. The molecule has 1 fully saturated rings. The molecule has 0 saturated carbocycles. The highest BCUT2D eigenvalue weighted by Crippen LogP contribution is 2.42. The molecule has 1 unspecified atom stereocenters. The summed E-state index contributed by atoms with van der Waals surface area (Å²) in [5.41, 5.74) is 2.23. The van der Waals surface area contributed by atoms with Crippen molar-refractivity contribution in [3.05, 3.63) is 64.7 Å². The van der Waals surface area contributed by atoms with Crippen LogP contribution in [0.2, 0.25) is 0 Å². The van der Waals surface area contributed by atoms with Crippen LogP contribution in [0, 0.1) is 0 Å². The molecule has 3 rings (SSSR count). The van der Waals surface area contributed by atoms with Crippen LogP contribution in [0.15, 0.2) is 48.0 Å². The number of likely N-dealkylation sites (tertiary alicyclic amines) is 1. The zero-order valence-corrected chi connectivity index (χ0v) is 23.7. The molecule has 0 spiro atoms. The second-order valence-electron chi connectivity index (χ2n) is 10.7. The second kappa shape index (κ2) is 12.5. The molecule has 1 saturated heterocycles. The largest absolute Gasteiger partial charge is 0.507 e. The van der Waals surface area contributed by atoms with Crippen molar-refractivity contribution in [2.75, 3.05) is 26.4 Å². The summed E-state index contributed by atoms with van der Waals surface area (Å²) in [6, 6.07) is 12.2. The lowest BCUT2D eigenvalue weighted by Crippen LogP contribution is -2.31. The van der Waals surface area contributed by atoms with E-state index in [0.717, 1.165) is 11.1 Å². The van der Waals surface area contributed by atoms with E-state index in [1.807, 2.05) is 52.0 Å². The second-order valence-corrected chi connectivity index (χ2v) is 10.7. The van der Waals surface area contributed by atoms with Crippen molar-refractivity contribution >= 4 is 17.4 Å². The average Bonchev–Trinajstić information content (AvgIpc) is 3.11. The van der Waals surface area contributed by atoms with Gasteiger partial charge in [-0.1, -0.05) is 45.0 Å². The van der Waals surface area contributed by atoms with Crippen LogP contribution >= 0.6 is 0 Å². The van der Waals surface area contributed by atoms with Gasteiger partial charge in [0.15, 0.2) is 0 Å². The molecule has 7 heteroatoms. The monoisotopic (exact) mass is 523 g/mol. The van der Waals surface area contributed by atoms with Crippen molar-refractivity contribution in [3.8, 4) is 11.5 Å². The van der Waals surface area contributed by atoms with Crippen LogP contribution < -0.4 is 9.47 Å². The first-order chi connectivity index (χ1) is 18.0. The average molecular weight is 524 g/mol. The van der Waals surface area contributed by atoms with Crippen LogP contribution in [0.1, 0.15) is 77.6 Å². The molecule has 1 aliphatic heterocycles. The van der Waals surface area contributed by atoms with Crippen molar-refractivity contribution < 1.29 is 28.9 Å². The Labute approximate surface area is 226 Å². The van der Waals surface area contributed by atoms with Crippen molar-refractivity contribution in [2.24, 2.45) is 0 Å². The number of aliphatic hydroxyl groups is 1. The number of benzene rings is 2. The van der Waals surface area contributed by atoms with Gasteiger partial charge in [0.05, 0.1) is 36.5 Å². The molecular formula is C31H41NO6. The molecular weight excluding hydrogens is 482 g/mol. The van der Waals surface area contributed by atoms with Crippen molar-refractivity contribution in [1.82, 2.24) is 4.90 Å². The van der Waals surface area contributed by atoms with Crippen LogP contribution in [0.3, 0.4) is 0 Å². The fourth-order valence-electron chi connectivity index (χ4n) is 4.55. The molecule has 0 radical (unpaired) electrons. The number of carbonyl (C=O) groups excluding carboxylic acids is 2. The zero-order chi connectivity index (χ0) is 28.0. The molecule has 1 atom stereocenters. The lowest BCUT2D eigenvalue weighted by atomic mass is 9.85. The van der Waals surface area contributed by atoms with Crippen LogP contribution in [0.4, 0.5) is 0 Å². The summed E-state index contributed by atoms with van der Waals surface area (Å²) < 4.78 is 17.0. The predicted molar refractivity (Wildman–Crippen MR) is 149 cm³/mol. The topological polar surface area (TPSA) is 85.3 Å². The van der Waals surface area contributed by atoms with Gasteiger partial charge in [-0.3, -0.25) is 9.59 Å². The highest BCUT2D eigenvalue weighted by molar-refractivity contribution is 6.46. The molecule has 2 aromatic carbocycles. The fraction of sp³-hybridized carbons (Fsp3) is 0.484. The quantitative estimate of drug-likeness (QED) is 0.168. The summed E-state index contributed by atoms with van der Waals surface area (Å²) in [6.07, 6.45) is 0.637. The van der Waals surface area contributed by atoms with E-state index < -0.39 is 17.7 Å². The smallest absolute Gasteiger partial charge is 0.295 e. The Kier molecular flexibility index (Phi) is 9.60. The lowest BCUT2D eigenvalue weighted by molar-refractivity contribution is -0.140. The highest BCUT2D eigenvalue weighted by Gasteiger charge is 2.46. The number of rotatable bonds is 11. The zero-order valence-electron chi connectivity index (χ0n) is 23.7. The minimum atomic E-state index is -0.732. The molecule has 1 N–H and O–H groups in total. The van der Waals surface area contributed by atoms with E-state index in [4.69, 9.17) is 14.2 Å². The summed E-state index contributed by atoms with van der Waals surface area (Å²) in [5.74, 6) is -0.638. The normalized spacial score (nSPS) is 17.4. The van der Waals surface area contributed by atoms with Crippen LogP contribution in [0.5, 0.6) is 11.5 Å². The number of amides is 1. The Morgan fingerprint density at radius 3 is 2.24 bits per heavy atom. The maximum atomic E-state index is 13.4.